The second kappa shape index (κ2) is 9.22. The Labute approximate surface area is 153 Å². The maximum Gasteiger partial charge on any atom is 0.311 e. The summed E-state index contributed by atoms with van der Waals surface area (Å²) >= 11 is 0. The van der Waals surface area contributed by atoms with Gasteiger partial charge in [-0.25, -0.2) is 0 Å². The number of nitrogens with two attached hydrogens (primary N) is 1. The minimum atomic E-state index is -0.707. The van der Waals surface area contributed by atoms with Gasteiger partial charge in [0.25, 0.3) is 5.91 Å². The highest BCUT2D eigenvalue weighted by molar-refractivity contribution is 5.84. The number of hydrogen-bond acceptors (Lipinski definition) is 5. The number of rotatable bonds is 8. The lowest BCUT2D eigenvalue weighted by atomic mass is 9.83. The number of carbonyl (C=O) groups is 3. The van der Waals surface area contributed by atoms with Crippen LogP contribution in [0.2, 0.25) is 0 Å². The molecule has 1 fully saturated rings. The predicted molar refractivity (Wildman–Crippen MR) is 95.2 cm³/mol. The van der Waals surface area contributed by atoms with Crippen LogP contribution in [-0.4, -0.2) is 42.9 Å². The summed E-state index contributed by atoms with van der Waals surface area (Å²) in [5.41, 5.74) is 5.84. The number of carbonyl (C=O) groups excluding carboxylic acids is 3. The molecule has 26 heavy (non-hydrogen) atoms. The van der Waals surface area contributed by atoms with Crippen molar-refractivity contribution in [1.29, 1.82) is 0 Å². The summed E-state index contributed by atoms with van der Waals surface area (Å²) in [6.45, 7) is 2.14. The van der Waals surface area contributed by atoms with Gasteiger partial charge in [0.1, 0.15) is 5.75 Å². The van der Waals surface area contributed by atoms with Crippen molar-refractivity contribution < 1.29 is 23.9 Å². The van der Waals surface area contributed by atoms with Gasteiger partial charge < -0.3 is 20.1 Å². The Kier molecular flexibility index (Phi) is 7.00. The second-order valence-corrected chi connectivity index (χ2v) is 6.35. The smallest absolute Gasteiger partial charge is 0.311 e. The van der Waals surface area contributed by atoms with E-state index in [1.807, 2.05) is 25.1 Å². The summed E-state index contributed by atoms with van der Waals surface area (Å²) in [5.74, 6) is -1.18. The van der Waals surface area contributed by atoms with Crippen molar-refractivity contribution in [3.8, 4) is 5.75 Å². The zero-order valence-corrected chi connectivity index (χ0v) is 15.3. The number of piperidine rings is 1. The largest absolute Gasteiger partial charge is 0.496 e. The van der Waals surface area contributed by atoms with Crippen LogP contribution < -0.4 is 10.5 Å². The fourth-order valence-electron chi connectivity index (χ4n) is 3.34. The minimum Gasteiger partial charge on any atom is -0.496 e. The summed E-state index contributed by atoms with van der Waals surface area (Å²) in [5, 5.41) is 0. The van der Waals surface area contributed by atoms with Gasteiger partial charge >= 0.3 is 5.97 Å². The van der Waals surface area contributed by atoms with Crippen molar-refractivity contribution in [2.75, 3.05) is 20.3 Å². The molecule has 142 valence electrons. The highest BCUT2D eigenvalue weighted by Crippen LogP contribution is 2.41. The average Bonchev–Trinajstić information content (AvgIpc) is 2.64. The van der Waals surface area contributed by atoms with Crippen LogP contribution in [0.15, 0.2) is 24.3 Å². The molecule has 0 aromatic heterocycles. The molecule has 0 aliphatic carbocycles. The fraction of sp³-hybridized carbons (Fsp3) is 0.526. The SMILES string of the molecule is CCCCN1C(=O)CC[C@@H](C(=O)OCC(N)=O)[C@H]1c1ccccc1OC. The van der Waals surface area contributed by atoms with Crippen LogP contribution in [-0.2, 0) is 19.1 Å². The number of nitrogens with zero attached hydrogens (tertiary/aromatic N) is 1. The van der Waals surface area contributed by atoms with E-state index >= 15 is 0 Å². The van der Waals surface area contributed by atoms with Crippen LogP contribution in [0.25, 0.3) is 0 Å². The van der Waals surface area contributed by atoms with Crippen LogP contribution in [0.3, 0.4) is 0 Å². The van der Waals surface area contributed by atoms with E-state index < -0.39 is 30.4 Å². The van der Waals surface area contributed by atoms with Crippen LogP contribution in [0, 0.1) is 5.92 Å². The maximum absolute atomic E-state index is 12.6. The Bertz CT molecular complexity index is 661. The number of methoxy groups -OCH3 is 1. The number of para-hydroxylation sites is 1. The van der Waals surface area contributed by atoms with Gasteiger partial charge in [0.15, 0.2) is 6.61 Å². The average molecular weight is 362 g/mol. The number of likely N-dealkylation sites (tertiary alicyclic amines) is 1. The van der Waals surface area contributed by atoms with Crippen LogP contribution in [0.1, 0.15) is 44.2 Å². The Morgan fingerprint density at radius 3 is 2.69 bits per heavy atom. The molecule has 0 saturated carbocycles. The van der Waals surface area contributed by atoms with Crippen molar-refractivity contribution >= 4 is 17.8 Å². The molecular weight excluding hydrogens is 336 g/mol. The number of amides is 2. The zero-order valence-electron chi connectivity index (χ0n) is 15.3. The van der Waals surface area contributed by atoms with Crippen molar-refractivity contribution in [3.63, 3.8) is 0 Å². The highest BCUT2D eigenvalue weighted by Gasteiger charge is 2.42. The lowest BCUT2D eigenvalue weighted by Crippen LogP contribution is -2.46. The first kappa shape index (κ1) is 19.8. The van der Waals surface area contributed by atoms with E-state index in [0.717, 1.165) is 18.4 Å². The van der Waals surface area contributed by atoms with Gasteiger partial charge in [-0.2, -0.15) is 0 Å². The van der Waals surface area contributed by atoms with E-state index in [4.69, 9.17) is 15.2 Å². The third-order valence-electron chi connectivity index (χ3n) is 4.58. The van der Waals surface area contributed by atoms with Crippen LogP contribution >= 0.6 is 0 Å². The molecule has 7 nitrogen and oxygen atoms in total. The lowest BCUT2D eigenvalue weighted by molar-refractivity contribution is -0.159. The molecule has 7 heteroatoms. The molecule has 1 aromatic carbocycles. The van der Waals surface area contributed by atoms with Gasteiger partial charge in [0.05, 0.1) is 19.1 Å². The van der Waals surface area contributed by atoms with Crippen molar-refractivity contribution in [3.05, 3.63) is 29.8 Å². The third kappa shape index (κ3) is 4.53. The van der Waals surface area contributed by atoms with E-state index in [1.54, 1.807) is 18.1 Å². The zero-order chi connectivity index (χ0) is 19.1. The van der Waals surface area contributed by atoms with E-state index in [2.05, 4.69) is 0 Å². The molecule has 0 spiro atoms. The maximum atomic E-state index is 12.6. The summed E-state index contributed by atoms with van der Waals surface area (Å²) in [6.07, 6.45) is 2.40. The predicted octanol–water partition coefficient (Wildman–Crippen LogP) is 1.80. The number of benzene rings is 1. The van der Waals surface area contributed by atoms with Crippen molar-refractivity contribution in [1.82, 2.24) is 4.90 Å². The summed E-state index contributed by atoms with van der Waals surface area (Å²) < 4.78 is 10.5. The first-order valence-electron chi connectivity index (χ1n) is 8.86. The molecule has 2 rings (SSSR count). The Balaban J connectivity index is 2.39. The molecule has 1 aliphatic heterocycles. The lowest BCUT2D eigenvalue weighted by Gasteiger charge is -2.40. The van der Waals surface area contributed by atoms with Crippen molar-refractivity contribution in [2.24, 2.45) is 11.7 Å². The molecule has 0 bridgehead atoms. The highest BCUT2D eigenvalue weighted by atomic mass is 16.5. The molecule has 2 amide bonds. The molecule has 0 unspecified atom stereocenters. The molecule has 1 aromatic rings. The molecule has 2 N–H and O–H groups in total. The molecule has 1 aliphatic rings. The Morgan fingerprint density at radius 1 is 1.31 bits per heavy atom. The van der Waals surface area contributed by atoms with E-state index in [9.17, 15) is 14.4 Å². The Morgan fingerprint density at radius 2 is 2.04 bits per heavy atom. The van der Waals surface area contributed by atoms with Crippen LogP contribution in [0.5, 0.6) is 5.75 Å². The minimum absolute atomic E-state index is 0.00769. The summed E-state index contributed by atoms with van der Waals surface area (Å²) in [7, 11) is 1.56. The quantitative estimate of drug-likeness (QED) is 0.711. The monoisotopic (exact) mass is 362 g/mol. The number of hydrogen-bond donors (Lipinski definition) is 1. The molecule has 1 heterocycles. The van der Waals surface area contributed by atoms with Gasteiger partial charge in [-0.1, -0.05) is 31.5 Å². The molecular formula is C19H26N2O5. The van der Waals surface area contributed by atoms with Gasteiger partial charge in [-0.15, -0.1) is 0 Å². The molecule has 1 saturated heterocycles. The number of ether oxygens (including phenoxy) is 2. The van der Waals surface area contributed by atoms with Gasteiger partial charge in [-0.05, 0) is 18.9 Å². The Hall–Kier alpha value is -2.57. The van der Waals surface area contributed by atoms with Gasteiger partial charge in [0, 0.05) is 18.5 Å². The summed E-state index contributed by atoms with van der Waals surface area (Å²) in [6, 6.07) is 6.86. The van der Waals surface area contributed by atoms with E-state index in [-0.39, 0.29) is 12.3 Å². The normalized spacial score (nSPS) is 19.9. The molecule has 0 radical (unpaired) electrons. The topological polar surface area (TPSA) is 98.9 Å². The fourth-order valence-corrected chi connectivity index (χ4v) is 3.34. The molecule has 2 atom stereocenters. The van der Waals surface area contributed by atoms with Crippen LogP contribution in [0.4, 0.5) is 0 Å². The first-order valence-corrected chi connectivity index (χ1v) is 8.86. The van der Waals surface area contributed by atoms with E-state index in [0.29, 0.717) is 18.7 Å². The van der Waals surface area contributed by atoms with E-state index in [1.165, 1.54) is 0 Å². The third-order valence-corrected chi connectivity index (χ3v) is 4.58. The second-order valence-electron chi connectivity index (χ2n) is 6.35. The van der Waals surface area contributed by atoms with Gasteiger partial charge in [0.2, 0.25) is 5.91 Å². The first-order chi connectivity index (χ1) is 12.5. The van der Waals surface area contributed by atoms with Gasteiger partial charge in [-0.3, -0.25) is 14.4 Å². The number of primary amides is 1. The summed E-state index contributed by atoms with van der Waals surface area (Å²) in [4.78, 5) is 37.9. The standard InChI is InChI=1S/C19H26N2O5/c1-3-4-11-21-17(23)10-9-14(19(24)26-12-16(20)22)18(21)13-7-5-6-8-15(13)25-2/h5-8,14,18H,3-4,9-12H2,1-2H3,(H2,20,22)/t14-,18-/m1/s1. The van der Waals surface area contributed by atoms with Crippen molar-refractivity contribution in [2.45, 2.75) is 38.6 Å². The number of unbranched alkanes of at least 4 members (excludes halogenated alkanes) is 1. The number of esters is 1.